The number of nitrogens with one attached hydrogen (secondary N) is 1. The van der Waals surface area contributed by atoms with Crippen LogP contribution in [0.25, 0.3) is 0 Å². The molecular weight excluding hydrogens is 208 g/mol. The van der Waals surface area contributed by atoms with Gasteiger partial charge in [0.15, 0.2) is 5.11 Å². The van der Waals surface area contributed by atoms with Gasteiger partial charge in [0.05, 0.1) is 12.8 Å². The molecule has 0 aromatic heterocycles. The molecule has 70 valence electrons. The van der Waals surface area contributed by atoms with Crippen LogP contribution in [-0.2, 0) is 0 Å². The number of thiocarbonyl (C=S) groups is 1. The van der Waals surface area contributed by atoms with Gasteiger partial charge in [-0.2, -0.15) is 0 Å². The van der Waals surface area contributed by atoms with Crippen LogP contribution < -0.4 is 15.8 Å². The highest BCUT2D eigenvalue weighted by Crippen LogP contribution is 2.31. The predicted octanol–water partition coefficient (Wildman–Crippen LogP) is 2.00. The van der Waals surface area contributed by atoms with E-state index in [9.17, 15) is 0 Å². The first-order chi connectivity index (χ1) is 6.15. The van der Waals surface area contributed by atoms with Gasteiger partial charge >= 0.3 is 0 Å². The molecule has 0 spiro atoms. The number of methoxy groups -OCH3 is 1. The van der Waals surface area contributed by atoms with Crippen LogP contribution in [0, 0.1) is 0 Å². The first-order valence-electron chi connectivity index (χ1n) is 3.54. The number of hydrogen-bond acceptors (Lipinski definition) is 2. The second-order valence-electron chi connectivity index (χ2n) is 2.31. The van der Waals surface area contributed by atoms with Crippen molar-refractivity contribution in [3.8, 4) is 5.75 Å². The molecule has 1 aromatic carbocycles. The Hall–Kier alpha value is -1.00. The summed E-state index contributed by atoms with van der Waals surface area (Å²) in [6.45, 7) is 0. The molecular formula is C8H9ClN2OS. The van der Waals surface area contributed by atoms with Crippen molar-refractivity contribution in [3.05, 3.63) is 23.2 Å². The molecule has 0 heterocycles. The van der Waals surface area contributed by atoms with Gasteiger partial charge in [0.2, 0.25) is 0 Å². The van der Waals surface area contributed by atoms with Gasteiger partial charge in [-0.25, -0.2) is 0 Å². The van der Waals surface area contributed by atoms with Crippen molar-refractivity contribution in [1.29, 1.82) is 0 Å². The summed E-state index contributed by atoms with van der Waals surface area (Å²) < 4.78 is 5.01. The lowest BCUT2D eigenvalue weighted by Crippen LogP contribution is -2.19. The predicted molar refractivity (Wildman–Crippen MR) is 58.4 cm³/mol. The summed E-state index contributed by atoms with van der Waals surface area (Å²) in [5.74, 6) is 0.586. The van der Waals surface area contributed by atoms with Gasteiger partial charge < -0.3 is 15.8 Å². The quantitative estimate of drug-likeness (QED) is 0.743. The van der Waals surface area contributed by atoms with Gasteiger partial charge in [-0.05, 0) is 24.4 Å². The lowest BCUT2D eigenvalue weighted by Gasteiger charge is -2.08. The van der Waals surface area contributed by atoms with Crippen LogP contribution in [0.2, 0.25) is 5.02 Å². The normalized spacial score (nSPS) is 9.38. The highest BCUT2D eigenvalue weighted by atomic mass is 35.5. The van der Waals surface area contributed by atoms with E-state index in [0.717, 1.165) is 0 Å². The summed E-state index contributed by atoms with van der Waals surface area (Å²) >= 11 is 10.6. The molecule has 0 unspecified atom stereocenters. The average molecular weight is 217 g/mol. The fourth-order valence-corrected chi connectivity index (χ4v) is 1.26. The van der Waals surface area contributed by atoms with E-state index in [-0.39, 0.29) is 5.11 Å². The molecule has 1 aromatic rings. The molecule has 13 heavy (non-hydrogen) atoms. The fraction of sp³-hybridized carbons (Fsp3) is 0.125. The van der Waals surface area contributed by atoms with Crippen molar-refractivity contribution < 1.29 is 4.74 Å². The molecule has 0 amide bonds. The SMILES string of the molecule is COc1cccc(NC(N)=S)c1Cl. The Labute approximate surface area is 86.8 Å². The summed E-state index contributed by atoms with van der Waals surface area (Å²) in [5.41, 5.74) is 5.95. The van der Waals surface area contributed by atoms with Crippen molar-refractivity contribution in [2.75, 3.05) is 12.4 Å². The molecule has 0 saturated carbocycles. The molecule has 3 N–H and O–H groups in total. The first kappa shape index (κ1) is 10.1. The lowest BCUT2D eigenvalue weighted by atomic mass is 10.3. The molecule has 0 radical (unpaired) electrons. The molecule has 5 heteroatoms. The summed E-state index contributed by atoms with van der Waals surface area (Å²) in [6.07, 6.45) is 0. The Kier molecular flexibility index (Phi) is 3.33. The van der Waals surface area contributed by atoms with Gasteiger partial charge in [0, 0.05) is 0 Å². The number of halogens is 1. The minimum atomic E-state index is 0.176. The minimum absolute atomic E-state index is 0.176. The second-order valence-corrected chi connectivity index (χ2v) is 3.13. The van der Waals surface area contributed by atoms with Crippen LogP contribution in [0.5, 0.6) is 5.75 Å². The zero-order chi connectivity index (χ0) is 9.84. The van der Waals surface area contributed by atoms with Crippen LogP contribution in [0.3, 0.4) is 0 Å². The molecule has 0 aliphatic rings. The maximum atomic E-state index is 5.95. The van der Waals surface area contributed by atoms with Crippen LogP contribution in [0.4, 0.5) is 5.69 Å². The van der Waals surface area contributed by atoms with E-state index in [2.05, 4.69) is 17.5 Å². The monoisotopic (exact) mass is 216 g/mol. The lowest BCUT2D eigenvalue weighted by molar-refractivity contribution is 0.415. The third kappa shape index (κ3) is 2.47. The second kappa shape index (κ2) is 4.30. The number of hydrogen-bond donors (Lipinski definition) is 2. The van der Waals surface area contributed by atoms with E-state index in [1.165, 1.54) is 0 Å². The highest BCUT2D eigenvalue weighted by molar-refractivity contribution is 7.80. The van der Waals surface area contributed by atoms with E-state index in [1.54, 1.807) is 25.3 Å². The van der Waals surface area contributed by atoms with Gasteiger partial charge in [0.1, 0.15) is 10.8 Å². The Balaban J connectivity index is 3.01. The summed E-state index contributed by atoms with van der Waals surface area (Å²) in [7, 11) is 1.55. The molecule has 0 bridgehead atoms. The van der Waals surface area contributed by atoms with Crippen LogP contribution >= 0.6 is 23.8 Å². The van der Waals surface area contributed by atoms with E-state index < -0.39 is 0 Å². The molecule has 0 saturated heterocycles. The molecule has 0 fully saturated rings. The van der Waals surface area contributed by atoms with E-state index in [1.807, 2.05) is 0 Å². The van der Waals surface area contributed by atoms with Crippen molar-refractivity contribution in [2.24, 2.45) is 5.73 Å². The van der Waals surface area contributed by atoms with Gasteiger partial charge in [-0.1, -0.05) is 17.7 Å². The number of nitrogens with two attached hydrogens (primary N) is 1. The molecule has 0 aliphatic carbocycles. The fourth-order valence-electron chi connectivity index (χ4n) is 0.898. The van der Waals surface area contributed by atoms with E-state index in [0.29, 0.717) is 16.5 Å². The smallest absolute Gasteiger partial charge is 0.168 e. The Morgan fingerprint density at radius 3 is 2.85 bits per heavy atom. The topological polar surface area (TPSA) is 47.3 Å². The Morgan fingerprint density at radius 1 is 1.62 bits per heavy atom. The maximum absolute atomic E-state index is 5.95. The molecule has 1 rings (SSSR count). The zero-order valence-electron chi connectivity index (χ0n) is 7.00. The van der Waals surface area contributed by atoms with Crippen LogP contribution in [0.15, 0.2) is 18.2 Å². The van der Waals surface area contributed by atoms with E-state index in [4.69, 9.17) is 22.1 Å². The van der Waals surface area contributed by atoms with E-state index >= 15 is 0 Å². The average Bonchev–Trinajstić information content (AvgIpc) is 2.08. The first-order valence-corrected chi connectivity index (χ1v) is 4.32. The zero-order valence-corrected chi connectivity index (χ0v) is 8.58. The molecule has 3 nitrogen and oxygen atoms in total. The van der Waals surface area contributed by atoms with Crippen LogP contribution in [0.1, 0.15) is 0 Å². The maximum Gasteiger partial charge on any atom is 0.168 e. The van der Waals surface area contributed by atoms with Crippen LogP contribution in [-0.4, -0.2) is 12.2 Å². The van der Waals surface area contributed by atoms with Gasteiger partial charge in [-0.3, -0.25) is 0 Å². The Bertz CT molecular complexity index is 330. The Morgan fingerprint density at radius 2 is 2.31 bits per heavy atom. The standard InChI is InChI=1S/C8H9ClN2OS/c1-12-6-4-2-3-5(7(6)9)11-8(10)13/h2-4H,1H3,(H3,10,11,13). The van der Waals surface area contributed by atoms with Gasteiger partial charge in [0.25, 0.3) is 0 Å². The number of rotatable bonds is 2. The number of anilines is 1. The summed E-state index contributed by atoms with van der Waals surface area (Å²) in [6, 6.07) is 5.32. The van der Waals surface area contributed by atoms with Crippen molar-refractivity contribution >= 4 is 34.6 Å². The van der Waals surface area contributed by atoms with Gasteiger partial charge in [-0.15, -0.1) is 0 Å². The summed E-state index contributed by atoms with van der Waals surface area (Å²) in [4.78, 5) is 0. The highest BCUT2D eigenvalue weighted by Gasteiger charge is 2.05. The largest absolute Gasteiger partial charge is 0.495 e. The number of benzene rings is 1. The van der Waals surface area contributed by atoms with Crippen molar-refractivity contribution in [3.63, 3.8) is 0 Å². The molecule has 0 aliphatic heterocycles. The third-order valence-electron chi connectivity index (χ3n) is 1.44. The molecule has 0 atom stereocenters. The number of ether oxygens (including phenoxy) is 1. The van der Waals surface area contributed by atoms with Crippen molar-refractivity contribution in [2.45, 2.75) is 0 Å². The minimum Gasteiger partial charge on any atom is -0.495 e. The summed E-state index contributed by atoms with van der Waals surface area (Å²) in [5, 5.41) is 3.39. The third-order valence-corrected chi connectivity index (χ3v) is 1.93. The van der Waals surface area contributed by atoms with Crippen molar-refractivity contribution in [1.82, 2.24) is 0 Å².